The van der Waals surface area contributed by atoms with Gasteiger partial charge in [0.05, 0.1) is 30.1 Å². The summed E-state index contributed by atoms with van der Waals surface area (Å²) in [5.41, 5.74) is 7.24. The van der Waals surface area contributed by atoms with Crippen LogP contribution in [0, 0.1) is 22.7 Å². The fraction of sp³-hybridized carbons (Fsp3) is 0.536. The van der Waals surface area contributed by atoms with Gasteiger partial charge in [0.15, 0.2) is 11.6 Å². The summed E-state index contributed by atoms with van der Waals surface area (Å²) < 4.78 is 13.8. The molecule has 216 valence electrons. The molecule has 3 aromatic heterocycles. The zero-order valence-corrected chi connectivity index (χ0v) is 23.7. The number of hydrogen-bond donors (Lipinski definition) is 2. The topological polar surface area (TPSA) is 170 Å². The van der Waals surface area contributed by atoms with Gasteiger partial charge < -0.3 is 30.0 Å². The Hall–Kier alpha value is -4.47. The number of aryl methyl sites for hydroxylation is 1. The number of pyridine rings is 1. The Morgan fingerprint density at radius 1 is 1.24 bits per heavy atom. The number of nitrogen functional groups attached to an aromatic ring is 1. The SMILES string of the molecule is CCC(C)NC(=O)c1nc(OCC2(C#N)CC2)nc(N2CCC(COc3cc(-c4cn(C)cn4)cnc3N)CC2)n1. The van der Waals surface area contributed by atoms with E-state index in [1.807, 2.05) is 42.6 Å². The predicted octanol–water partition coefficient (Wildman–Crippen LogP) is 2.76. The molecule has 1 saturated heterocycles. The van der Waals surface area contributed by atoms with Gasteiger partial charge in [-0.2, -0.15) is 20.2 Å². The average Bonchev–Trinajstić information content (AvgIpc) is 3.65. The Bertz CT molecular complexity index is 1420. The summed E-state index contributed by atoms with van der Waals surface area (Å²) in [6.45, 7) is 5.95. The van der Waals surface area contributed by atoms with Gasteiger partial charge in [0.2, 0.25) is 11.8 Å². The minimum atomic E-state index is -0.486. The molecule has 1 amide bonds. The number of anilines is 2. The van der Waals surface area contributed by atoms with E-state index in [-0.39, 0.29) is 30.4 Å². The fourth-order valence-electron chi connectivity index (χ4n) is 4.47. The summed E-state index contributed by atoms with van der Waals surface area (Å²) in [6, 6.07) is 4.21. The fourth-order valence-corrected chi connectivity index (χ4v) is 4.47. The van der Waals surface area contributed by atoms with Gasteiger partial charge in [0.25, 0.3) is 5.91 Å². The van der Waals surface area contributed by atoms with E-state index in [0.717, 1.165) is 43.4 Å². The molecule has 3 N–H and O–H groups in total. The molecule has 0 aromatic carbocycles. The highest BCUT2D eigenvalue weighted by atomic mass is 16.5. The quantitative estimate of drug-likeness (QED) is 0.353. The third kappa shape index (κ3) is 6.82. The second-order valence-electron chi connectivity index (χ2n) is 11.0. The standard InChI is InChI=1S/C28H36N10O3/c1-4-18(2)33-25(39)24-34-26(36-27(35-24)41-16-28(15-29)7-8-28)38-9-5-19(6-10-38)14-40-22-11-20(12-31-23(22)30)21-13-37(3)17-32-21/h11-13,17-19H,4-10,14,16H2,1-3H3,(H2,30,31)(H,33,39). The van der Waals surface area contributed by atoms with E-state index in [1.165, 1.54) is 0 Å². The molecule has 13 nitrogen and oxygen atoms in total. The average molecular weight is 561 g/mol. The molecule has 3 aromatic rings. The normalized spacial score (nSPS) is 17.0. The lowest BCUT2D eigenvalue weighted by molar-refractivity contribution is 0.0926. The van der Waals surface area contributed by atoms with Gasteiger partial charge in [-0.25, -0.2) is 9.97 Å². The zero-order chi connectivity index (χ0) is 29.0. The first-order chi connectivity index (χ1) is 19.8. The monoisotopic (exact) mass is 560 g/mol. The van der Waals surface area contributed by atoms with Crippen LogP contribution < -0.4 is 25.4 Å². The van der Waals surface area contributed by atoms with Crippen molar-refractivity contribution in [2.75, 3.05) is 36.9 Å². The molecule has 0 radical (unpaired) electrons. The Morgan fingerprint density at radius 3 is 2.68 bits per heavy atom. The van der Waals surface area contributed by atoms with Crippen molar-refractivity contribution in [3.63, 3.8) is 0 Å². The van der Waals surface area contributed by atoms with Crippen LogP contribution in [0.3, 0.4) is 0 Å². The van der Waals surface area contributed by atoms with Crippen LogP contribution in [0.25, 0.3) is 11.3 Å². The highest BCUT2D eigenvalue weighted by molar-refractivity contribution is 5.90. The van der Waals surface area contributed by atoms with Gasteiger partial charge in [-0.15, -0.1) is 0 Å². The molecular weight excluding hydrogens is 524 g/mol. The zero-order valence-electron chi connectivity index (χ0n) is 23.7. The van der Waals surface area contributed by atoms with Crippen LogP contribution in [0.5, 0.6) is 11.8 Å². The molecule has 2 fully saturated rings. The molecule has 1 aliphatic carbocycles. The summed E-state index contributed by atoms with van der Waals surface area (Å²) in [7, 11) is 1.91. The number of nitrogens with two attached hydrogens (primary N) is 1. The largest absolute Gasteiger partial charge is 0.489 e. The molecule has 13 heteroatoms. The first-order valence-corrected chi connectivity index (χ1v) is 14.0. The van der Waals surface area contributed by atoms with Crippen molar-refractivity contribution in [3.8, 4) is 29.1 Å². The van der Waals surface area contributed by atoms with Gasteiger partial charge in [-0.3, -0.25) is 4.79 Å². The minimum absolute atomic E-state index is 0.00771. The third-order valence-electron chi connectivity index (χ3n) is 7.62. The number of nitrogens with one attached hydrogen (secondary N) is 1. The number of nitrogens with zero attached hydrogens (tertiary/aromatic N) is 8. The van der Waals surface area contributed by atoms with Crippen LogP contribution in [0.15, 0.2) is 24.8 Å². The summed E-state index contributed by atoms with van der Waals surface area (Å²) in [4.78, 5) is 36.8. The van der Waals surface area contributed by atoms with Gasteiger partial charge in [-0.1, -0.05) is 6.92 Å². The number of carbonyl (C=O) groups is 1. The molecule has 5 rings (SSSR count). The second-order valence-corrected chi connectivity index (χ2v) is 11.0. The van der Waals surface area contributed by atoms with Crippen LogP contribution >= 0.6 is 0 Å². The number of ether oxygens (including phenoxy) is 2. The number of aromatic nitrogens is 6. The Balaban J connectivity index is 1.23. The van der Waals surface area contributed by atoms with Gasteiger partial charge in [0.1, 0.15) is 6.61 Å². The highest BCUT2D eigenvalue weighted by Gasteiger charge is 2.44. The number of imidazole rings is 1. The molecule has 0 bridgehead atoms. The minimum Gasteiger partial charge on any atom is -0.489 e. The summed E-state index contributed by atoms with van der Waals surface area (Å²) in [6.07, 6.45) is 9.36. The lowest BCUT2D eigenvalue weighted by Gasteiger charge is -2.32. The van der Waals surface area contributed by atoms with Crippen molar-refractivity contribution in [1.82, 2.24) is 34.8 Å². The molecule has 1 aliphatic heterocycles. The van der Waals surface area contributed by atoms with Crippen molar-refractivity contribution < 1.29 is 14.3 Å². The molecule has 1 unspecified atom stereocenters. The maximum atomic E-state index is 12.9. The summed E-state index contributed by atoms with van der Waals surface area (Å²) >= 11 is 0. The van der Waals surface area contributed by atoms with E-state index in [1.54, 1.807) is 12.5 Å². The smallest absolute Gasteiger partial charge is 0.322 e. The van der Waals surface area contributed by atoms with Crippen molar-refractivity contribution in [3.05, 3.63) is 30.6 Å². The van der Waals surface area contributed by atoms with Crippen molar-refractivity contribution in [2.45, 2.75) is 52.0 Å². The number of amides is 1. The number of rotatable bonds is 11. The maximum Gasteiger partial charge on any atom is 0.322 e. The van der Waals surface area contributed by atoms with Crippen LogP contribution in [-0.2, 0) is 7.05 Å². The van der Waals surface area contributed by atoms with E-state index in [9.17, 15) is 10.1 Å². The highest BCUT2D eigenvalue weighted by Crippen LogP contribution is 2.44. The Kier molecular flexibility index (Phi) is 8.19. The van der Waals surface area contributed by atoms with Crippen LogP contribution in [0.1, 0.15) is 56.6 Å². The third-order valence-corrected chi connectivity index (χ3v) is 7.62. The molecule has 1 saturated carbocycles. The number of hydrogen-bond acceptors (Lipinski definition) is 11. The van der Waals surface area contributed by atoms with Gasteiger partial charge in [0, 0.05) is 44.1 Å². The van der Waals surface area contributed by atoms with Crippen LogP contribution in [0.2, 0.25) is 0 Å². The molecule has 0 spiro atoms. The number of piperidine rings is 1. The van der Waals surface area contributed by atoms with Gasteiger partial charge in [-0.05, 0) is 51.0 Å². The summed E-state index contributed by atoms with van der Waals surface area (Å²) in [5, 5.41) is 12.3. The van der Waals surface area contributed by atoms with Crippen molar-refractivity contribution >= 4 is 17.7 Å². The molecular formula is C28H36N10O3. The van der Waals surface area contributed by atoms with Crippen molar-refractivity contribution in [2.24, 2.45) is 18.4 Å². The van der Waals surface area contributed by atoms with E-state index in [0.29, 0.717) is 43.1 Å². The van der Waals surface area contributed by atoms with E-state index >= 15 is 0 Å². The predicted molar refractivity (Wildman–Crippen MR) is 151 cm³/mol. The Morgan fingerprint density at radius 2 is 2.02 bits per heavy atom. The van der Waals surface area contributed by atoms with E-state index in [2.05, 4.69) is 36.3 Å². The first kappa shape index (κ1) is 28.1. The second kappa shape index (κ2) is 12.0. The van der Waals surface area contributed by atoms with Crippen LogP contribution in [0.4, 0.5) is 11.8 Å². The van der Waals surface area contributed by atoms with E-state index in [4.69, 9.17) is 15.2 Å². The van der Waals surface area contributed by atoms with Gasteiger partial charge >= 0.3 is 6.01 Å². The Labute approximate surface area is 239 Å². The van der Waals surface area contributed by atoms with E-state index < -0.39 is 5.41 Å². The molecule has 4 heterocycles. The number of carbonyl (C=O) groups excluding carboxylic acids is 1. The number of nitriles is 1. The maximum absolute atomic E-state index is 12.9. The first-order valence-electron chi connectivity index (χ1n) is 14.0. The van der Waals surface area contributed by atoms with Crippen molar-refractivity contribution in [1.29, 1.82) is 5.26 Å². The lowest BCUT2D eigenvalue weighted by atomic mass is 9.98. The van der Waals surface area contributed by atoms with Crippen LogP contribution in [-0.4, -0.2) is 67.7 Å². The molecule has 2 aliphatic rings. The lowest BCUT2D eigenvalue weighted by Crippen LogP contribution is -2.38. The molecule has 41 heavy (non-hydrogen) atoms. The molecule has 1 atom stereocenters. The summed E-state index contributed by atoms with van der Waals surface area (Å²) in [5.74, 6) is 1.19.